The van der Waals surface area contributed by atoms with Gasteiger partial charge in [0.25, 0.3) is 0 Å². The first-order chi connectivity index (χ1) is 8.51. The molecule has 0 atom stereocenters. The average molecular weight is 244 g/mol. The van der Waals surface area contributed by atoms with Crippen LogP contribution in [0.2, 0.25) is 0 Å². The van der Waals surface area contributed by atoms with Crippen LogP contribution in [0.15, 0.2) is 36.5 Å². The van der Waals surface area contributed by atoms with Crippen molar-refractivity contribution in [2.45, 2.75) is 26.4 Å². The van der Waals surface area contributed by atoms with E-state index in [0.717, 1.165) is 23.1 Å². The van der Waals surface area contributed by atoms with Crippen molar-refractivity contribution in [3.63, 3.8) is 0 Å². The molecule has 0 saturated heterocycles. The quantitative estimate of drug-likeness (QED) is 0.898. The highest BCUT2D eigenvalue weighted by Crippen LogP contribution is 2.26. The Morgan fingerprint density at radius 2 is 1.94 bits per heavy atom. The lowest BCUT2D eigenvalue weighted by molar-refractivity contribution is 0.0876. The van der Waals surface area contributed by atoms with Crippen LogP contribution in [0.1, 0.15) is 20.8 Å². The zero-order valence-electron chi connectivity index (χ0n) is 11.2. The van der Waals surface area contributed by atoms with E-state index in [-0.39, 0.29) is 0 Å². The zero-order chi connectivity index (χ0) is 13.2. The van der Waals surface area contributed by atoms with Crippen molar-refractivity contribution < 1.29 is 5.11 Å². The lowest BCUT2D eigenvalue weighted by Crippen LogP contribution is -2.38. The summed E-state index contributed by atoms with van der Waals surface area (Å²) in [7, 11) is 0. The fourth-order valence-electron chi connectivity index (χ4n) is 2.19. The number of pyridine rings is 1. The molecule has 0 saturated carbocycles. The van der Waals surface area contributed by atoms with Crippen molar-refractivity contribution in [1.29, 1.82) is 0 Å². The third-order valence-corrected chi connectivity index (χ3v) is 2.93. The number of nitrogens with zero attached hydrogens (tertiary/aromatic N) is 2. The fourth-order valence-corrected chi connectivity index (χ4v) is 2.19. The molecule has 2 rings (SSSR count). The van der Waals surface area contributed by atoms with Gasteiger partial charge in [-0.25, -0.2) is 0 Å². The van der Waals surface area contributed by atoms with Crippen molar-refractivity contribution in [2.24, 2.45) is 0 Å². The number of likely N-dealkylation sites (N-methyl/N-ethyl adjacent to an activating group) is 1. The molecule has 1 aromatic heterocycles. The summed E-state index contributed by atoms with van der Waals surface area (Å²) < 4.78 is 0. The highest BCUT2D eigenvalue weighted by Gasteiger charge is 2.18. The molecule has 2 aromatic rings. The number of rotatable bonds is 4. The van der Waals surface area contributed by atoms with Crippen molar-refractivity contribution in [1.82, 2.24) is 4.98 Å². The first-order valence-corrected chi connectivity index (χ1v) is 6.32. The predicted molar refractivity (Wildman–Crippen MR) is 75.9 cm³/mol. The minimum absolute atomic E-state index is 0.609. The summed E-state index contributed by atoms with van der Waals surface area (Å²) in [6.07, 6.45) is 1.82. The maximum Gasteiger partial charge on any atom is 0.0765 e. The Morgan fingerprint density at radius 3 is 2.61 bits per heavy atom. The van der Waals surface area contributed by atoms with Crippen molar-refractivity contribution in [3.05, 3.63) is 36.5 Å². The Morgan fingerprint density at radius 1 is 1.22 bits per heavy atom. The third kappa shape index (κ3) is 2.79. The van der Waals surface area contributed by atoms with E-state index in [1.54, 1.807) is 0 Å². The Kier molecular flexibility index (Phi) is 3.53. The van der Waals surface area contributed by atoms with E-state index < -0.39 is 5.60 Å². The normalized spacial score (nSPS) is 11.8. The van der Waals surface area contributed by atoms with Crippen LogP contribution < -0.4 is 4.90 Å². The van der Waals surface area contributed by atoms with Gasteiger partial charge in [-0.2, -0.15) is 0 Å². The van der Waals surface area contributed by atoms with Crippen LogP contribution in [0, 0.1) is 0 Å². The number of fused-ring (bicyclic) bond motifs is 1. The monoisotopic (exact) mass is 244 g/mol. The van der Waals surface area contributed by atoms with Crippen LogP contribution in [0.25, 0.3) is 10.9 Å². The number of benzene rings is 1. The van der Waals surface area contributed by atoms with E-state index in [2.05, 4.69) is 22.9 Å². The van der Waals surface area contributed by atoms with E-state index in [1.165, 1.54) is 0 Å². The lowest BCUT2D eigenvalue weighted by atomic mass is 10.1. The maximum atomic E-state index is 10.00. The SMILES string of the molecule is CCN(CC(C)(C)O)c1ccnc2ccccc12. The van der Waals surface area contributed by atoms with E-state index in [1.807, 2.05) is 44.3 Å². The minimum Gasteiger partial charge on any atom is -0.389 e. The Labute approximate surface area is 108 Å². The molecule has 0 radical (unpaired) electrons. The molecule has 96 valence electrons. The number of aromatic nitrogens is 1. The summed E-state index contributed by atoms with van der Waals surface area (Å²) in [4.78, 5) is 6.55. The number of hydrogen-bond donors (Lipinski definition) is 1. The molecule has 18 heavy (non-hydrogen) atoms. The highest BCUT2D eigenvalue weighted by molar-refractivity contribution is 5.91. The number of anilines is 1. The van der Waals surface area contributed by atoms with Gasteiger partial charge in [0.15, 0.2) is 0 Å². The van der Waals surface area contributed by atoms with Gasteiger partial charge in [-0.1, -0.05) is 18.2 Å². The molecule has 1 aromatic carbocycles. The van der Waals surface area contributed by atoms with E-state index in [4.69, 9.17) is 0 Å². The second-order valence-electron chi connectivity index (χ2n) is 5.17. The van der Waals surface area contributed by atoms with Crippen LogP contribution in [-0.2, 0) is 0 Å². The van der Waals surface area contributed by atoms with Crippen molar-refractivity contribution in [2.75, 3.05) is 18.0 Å². The minimum atomic E-state index is -0.708. The Bertz CT molecular complexity index is 526. The summed E-state index contributed by atoms with van der Waals surface area (Å²) >= 11 is 0. The van der Waals surface area contributed by atoms with Crippen LogP contribution in [0.4, 0.5) is 5.69 Å². The fraction of sp³-hybridized carbons (Fsp3) is 0.400. The lowest BCUT2D eigenvalue weighted by Gasteiger charge is -2.30. The molecule has 1 N–H and O–H groups in total. The van der Waals surface area contributed by atoms with Gasteiger partial charge in [0, 0.05) is 30.4 Å². The number of aliphatic hydroxyl groups is 1. The summed E-state index contributed by atoms with van der Waals surface area (Å²) in [5.41, 5.74) is 1.41. The van der Waals surface area contributed by atoms with E-state index in [0.29, 0.717) is 6.54 Å². The van der Waals surface area contributed by atoms with Gasteiger partial charge < -0.3 is 10.0 Å². The maximum absolute atomic E-state index is 10.00. The molecular formula is C15H20N2O. The van der Waals surface area contributed by atoms with Crippen molar-refractivity contribution >= 4 is 16.6 Å². The highest BCUT2D eigenvalue weighted by atomic mass is 16.3. The summed E-state index contributed by atoms with van der Waals surface area (Å²) in [6, 6.07) is 10.1. The molecule has 0 fully saturated rings. The largest absolute Gasteiger partial charge is 0.389 e. The number of hydrogen-bond acceptors (Lipinski definition) is 3. The Balaban J connectivity index is 2.45. The molecule has 0 amide bonds. The smallest absolute Gasteiger partial charge is 0.0765 e. The molecule has 0 aliphatic rings. The molecule has 0 unspecified atom stereocenters. The predicted octanol–water partition coefficient (Wildman–Crippen LogP) is 2.83. The zero-order valence-corrected chi connectivity index (χ0v) is 11.2. The average Bonchev–Trinajstić information content (AvgIpc) is 2.34. The van der Waals surface area contributed by atoms with Gasteiger partial charge in [0.05, 0.1) is 11.1 Å². The second kappa shape index (κ2) is 4.94. The molecule has 3 nitrogen and oxygen atoms in total. The first kappa shape index (κ1) is 12.8. The van der Waals surface area contributed by atoms with Gasteiger partial charge in [0.2, 0.25) is 0 Å². The first-order valence-electron chi connectivity index (χ1n) is 6.32. The van der Waals surface area contributed by atoms with Gasteiger partial charge in [-0.3, -0.25) is 4.98 Å². The molecule has 0 aliphatic heterocycles. The summed E-state index contributed by atoms with van der Waals surface area (Å²) in [6.45, 7) is 7.23. The van der Waals surface area contributed by atoms with Crippen LogP contribution in [0.5, 0.6) is 0 Å². The van der Waals surface area contributed by atoms with E-state index in [9.17, 15) is 5.11 Å². The van der Waals surface area contributed by atoms with Gasteiger partial charge in [0.1, 0.15) is 0 Å². The summed E-state index contributed by atoms with van der Waals surface area (Å²) in [5, 5.41) is 11.1. The van der Waals surface area contributed by atoms with Gasteiger partial charge in [-0.05, 0) is 32.9 Å². The van der Waals surface area contributed by atoms with E-state index >= 15 is 0 Å². The second-order valence-corrected chi connectivity index (χ2v) is 5.17. The topological polar surface area (TPSA) is 36.4 Å². The molecule has 0 spiro atoms. The third-order valence-electron chi connectivity index (χ3n) is 2.93. The van der Waals surface area contributed by atoms with Crippen LogP contribution in [0.3, 0.4) is 0 Å². The number of para-hydroxylation sites is 1. The molecule has 1 heterocycles. The van der Waals surface area contributed by atoms with Crippen molar-refractivity contribution in [3.8, 4) is 0 Å². The molecule has 0 aliphatic carbocycles. The van der Waals surface area contributed by atoms with Crippen LogP contribution in [-0.4, -0.2) is 28.8 Å². The van der Waals surface area contributed by atoms with Gasteiger partial charge in [-0.15, -0.1) is 0 Å². The van der Waals surface area contributed by atoms with Crippen LogP contribution >= 0.6 is 0 Å². The van der Waals surface area contributed by atoms with Gasteiger partial charge >= 0.3 is 0 Å². The molecule has 3 heteroatoms. The molecule has 0 bridgehead atoms. The molecular weight excluding hydrogens is 224 g/mol. The Hall–Kier alpha value is -1.61. The summed E-state index contributed by atoms with van der Waals surface area (Å²) in [5.74, 6) is 0. The standard InChI is InChI=1S/C15H20N2O/c1-4-17(11-15(2,3)18)14-9-10-16-13-8-6-5-7-12(13)14/h5-10,18H,4,11H2,1-3H3.